The lowest BCUT2D eigenvalue weighted by Gasteiger charge is -2.21. The molecule has 0 spiro atoms. The average Bonchev–Trinajstić information content (AvgIpc) is 2.83. The molecule has 2 aromatic rings. The number of aliphatic hydroxyl groups excluding tert-OH is 3. The second-order valence-electron chi connectivity index (χ2n) is 5.83. The minimum atomic E-state index is -1.40. The van der Waals surface area contributed by atoms with Gasteiger partial charge in [-0.1, -0.05) is 6.07 Å². The van der Waals surface area contributed by atoms with Crippen molar-refractivity contribution in [2.24, 2.45) is 0 Å². The third kappa shape index (κ3) is 2.49. The molecule has 2 heterocycles. The number of benzene rings is 1. The highest BCUT2D eigenvalue weighted by Gasteiger charge is 2.43. The Kier molecular flexibility index (Phi) is 4.14. The first-order valence-electron chi connectivity index (χ1n) is 7.36. The summed E-state index contributed by atoms with van der Waals surface area (Å²) in [5.74, 6) is -1.40. The van der Waals surface area contributed by atoms with E-state index >= 15 is 0 Å². The standard InChI is InChI=1S/C16H17NO7/c1-7-2-3-8-10(4-7)17(5-9(12(8)19)16(22)23)15-14(21)13(20)11(6-18)24-15/h2-5,11,13-15,18,20-21H,6H2,1H3,(H,22,23)/t11-,13-,14-,15-/m1/s1. The van der Waals surface area contributed by atoms with Crippen LogP contribution in [-0.2, 0) is 4.74 Å². The van der Waals surface area contributed by atoms with Crippen LogP contribution in [0.4, 0.5) is 0 Å². The highest BCUT2D eigenvalue weighted by Crippen LogP contribution is 2.31. The second kappa shape index (κ2) is 5.99. The number of hydrogen-bond acceptors (Lipinski definition) is 6. The normalized spacial score (nSPS) is 26.8. The van der Waals surface area contributed by atoms with Crippen LogP contribution in [0, 0.1) is 6.92 Å². The van der Waals surface area contributed by atoms with E-state index in [1.54, 1.807) is 19.1 Å². The average molecular weight is 335 g/mol. The third-order valence-electron chi connectivity index (χ3n) is 4.21. The SMILES string of the molecule is Cc1ccc2c(=O)c(C(=O)O)cn([C@@H]3O[C@H](CO)[C@@H](O)[C@H]3O)c2c1. The molecule has 4 atom stereocenters. The van der Waals surface area contributed by atoms with Gasteiger partial charge < -0.3 is 29.7 Å². The molecule has 1 aliphatic rings. The molecule has 0 radical (unpaired) electrons. The van der Waals surface area contributed by atoms with Gasteiger partial charge in [-0.05, 0) is 24.6 Å². The zero-order valence-corrected chi connectivity index (χ0v) is 12.8. The van der Waals surface area contributed by atoms with Crippen LogP contribution in [0.3, 0.4) is 0 Å². The lowest BCUT2D eigenvalue weighted by molar-refractivity contribution is -0.0509. The predicted molar refractivity (Wildman–Crippen MR) is 82.9 cm³/mol. The maximum Gasteiger partial charge on any atom is 0.341 e. The Bertz CT molecular complexity index is 859. The van der Waals surface area contributed by atoms with Crippen molar-refractivity contribution in [3.05, 3.63) is 45.7 Å². The van der Waals surface area contributed by atoms with Crippen molar-refractivity contribution in [1.29, 1.82) is 0 Å². The monoisotopic (exact) mass is 335 g/mol. The molecule has 8 heteroatoms. The van der Waals surface area contributed by atoms with Crippen LogP contribution in [0.15, 0.2) is 29.2 Å². The zero-order valence-electron chi connectivity index (χ0n) is 12.8. The Hall–Kier alpha value is -2.26. The Morgan fingerprint density at radius 3 is 2.58 bits per heavy atom. The van der Waals surface area contributed by atoms with E-state index < -0.39 is 48.1 Å². The summed E-state index contributed by atoms with van der Waals surface area (Å²) < 4.78 is 6.78. The van der Waals surface area contributed by atoms with Gasteiger partial charge in [-0.2, -0.15) is 0 Å². The third-order valence-corrected chi connectivity index (χ3v) is 4.21. The lowest BCUT2D eigenvalue weighted by Crippen LogP contribution is -2.33. The predicted octanol–water partition coefficient (Wildman–Crippen LogP) is -0.380. The molecule has 1 saturated heterocycles. The summed E-state index contributed by atoms with van der Waals surface area (Å²) in [6.45, 7) is 1.30. The summed E-state index contributed by atoms with van der Waals surface area (Å²) >= 11 is 0. The van der Waals surface area contributed by atoms with Crippen molar-refractivity contribution in [2.45, 2.75) is 31.5 Å². The molecular formula is C16H17NO7. The van der Waals surface area contributed by atoms with Crippen LogP contribution < -0.4 is 5.43 Å². The molecule has 128 valence electrons. The Balaban J connectivity index is 2.27. The van der Waals surface area contributed by atoms with Gasteiger partial charge >= 0.3 is 5.97 Å². The van der Waals surface area contributed by atoms with Gasteiger partial charge in [-0.25, -0.2) is 4.79 Å². The van der Waals surface area contributed by atoms with Gasteiger partial charge in [0.05, 0.1) is 12.1 Å². The number of rotatable bonds is 3. The van der Waals surface area contributed by atoms with Crippen LogP contribution in [-0.4, -0.2) is 55.9 Å². The van der Waals surface area contributed by atoms with Crippen LogP contribution in [0.25, 0.3) is 10.9 Å². The largest absolute Gasteiger partial charge is 0.477 e. The molecule has 4 N–H and O–H groups in total. The van der Waals surface area contributed by atoms with Gasteiger partial charge in [0.2, 0.25) is 5.43 Å². The number of hydrogen-bond donors (Lipinski definition) is 4. The number of pyridine rings is 1. The van der Waals surface area contributed by atoms with Gasteiger partial charge in [0.25, 0.3) is 0 Å². The highest BCUT2D eigenvalue weighted by molar-refractivity contribution is 5.92. The van der Waals surface area contributed by atoms with Gasteiger partial charge in [0, 0.05) is 11.6 Å². The summed E-state index contributed by atoms with van der Waals surface area (Å²) in [6.07, 6.45) is -3.74. The smallest absolute Gasteiger partial charge is 0.341 e. The van der Waals surface area contributed by atoms with Crippen LogP contribution >= 0.6 is 0 Å². The zero-order chi connectivity index (χ0) is 17.6. The minimum absolute atomic E-state index is 0.165. The fourth-order valence-corrected chi connectivity index (χ4v) is 2.93. The molecule has 0 aliphatic carbocycles. The van der Waals surface area contributed by atoms with E-state index in [-0.39, 0.29) is 5.39 Å². The van der Waals surface area contributed by atoms with Crippen molar-refractivity contribution in [1.82, 2.24) is 4.57 Å². The van der Waals surface area contributed by atoms with Crippen molar-refractivity contribution in [2.75, 3.05) is 6.61 Å². The summed E-state index contributed by atoms with van der Waals surface area (Å²) in [6, 6.07) is 4.85. The van der Waals surface area contributed by atoms with Gasteiger partial charge in [0.1, 0.15) is 23.9 Å². The number of carbonyl (C=O) groups is 1. The molecule has 3 rings (SSSR count). The fraction of sp³-hybridized carbons (Fsp3) is 0.375. The molecule has 8 nitrogen and oxygen atoms in total. The van der Waals surface area contributed by atoms with Crippen molar-refractivity contribution >= 4 is 16.9 Å². The first-order valence-corrected chi connectivity index (χ1v) is 7.36. The molecule has 1 fully saturated rings. The lowest BCUT2D eigenvalue weighted by atomic mass is 10.1. The summed E-state index contributed by atoms with van der Waals surface area (Å²) in [5.41, 5.74) is 0.0925. The van der Waals surface area contributed by atoms with E-state index in [1.165, 1.54) is 10.6 Å². The molecule has 0 bridgehead atoms. The van der Waals surface area contributed by atoms with E-state index in [9.17, 15) is 30.0 Å². The minimum Gasteiger partial charge on any atom is -0.477 e. The van der Waals surface area contributed by atoms with Crippen molar-refractivity contribution in [3.63, 3.8) is 0 Å². The van der Waals surface area contributed by atoms with E-state index in [2.05, 4.69) is 0 Å². The number of ether oxygens (including phenoxy) is 1. The first-order chi connectivity index (χ1) is 11.3. The Morgan fingerprint density at radius 1 is 1.29 bits per heavy atom. The number of aromatic nitrogens is 1. The number of aryl methyl sites for hydroxylation is 1. The van der Waals surface area contributed by atoms with E-state index in [4.69, 9.17) is 4.74 Å². The number of aliphatic hydroxyl groups is 3. The molecule has 0 amide bonds. The van der Waals surface area contributed by atoms with Crippen LogP contribution in [0.2, 0.25) is 0 Å². The molecule has 0 unspecified atom stereocenters. The van der Waals surface area contributed by atoms with E-state index in [0.29, 0.717) is 5.52 Å². The van der Waals surface area contributed by atoms with Gasteiger partial charge in [-0.15, -0.1) is 0 Å². The number of carboxylic acid groups (broad SMARTS) is 1. The quantitative estimate of drug-likeness (QED) is 0.601. The van der Waals surface area contributed by atoms with Crippen LogP contribution in [0.1, 0.15) is 22.1 Å². The number of aromatic carboxylic acids is 1. The maximum absolute atomic E-state index is 12.3. The topological polar surface area (TPSA) is 129 Å². The van der Waals surface area contributed by atoms with Crippen molar-refractivity contribution in [3.8, 4) is 0 Å². The van der Waals surface area contributed by atoms with E-state index in [1.807, 2.05) is 0 Å². The summed E-state index contributed by atoms with van der Waals surface area (Å²) in [7, 11) is 0. The first kappa shape index (κ1) is 16.6. The second-order valence-corrected chi connectivity index (χ2v) is 5.83. The molecule has 24 heavy (non-hydrogen) atoms. The Morgan fingerprint density at radius 2 is 2.00 bits per heavy atom. The van der Waals surface area contributed by atoms with Gasteiger partial charge in [0.15, 0.2) is 6.23 Å². The molecule has 1 aromatic carbocycles. The number of nitrogens with zero attached hydrogens (tertiary/aromatic N) is 1. The molecule has 1 aromatic heterocycles. The molecule has 1 aliphatic heterocycles. The number of fused-ring (bicyclic) bond motifs is 1. The fourth-order valence-electron chi connectivity index (χ4n) is 2.93. The molecule has 0 saturated carbocycles. The van der Waals surface area contributed by atoms with Gasteiger partial charge in [-0.3, -0.25) is 4.79 Å². The van der Waals surface area contributed by atoms with Crippen molar-refractivity contribution < 1.29 is 30.0 Å². The number of carboxylic acids is 1. The maximum atomic E-state index is 12.3. The summed E-state index contributed by atoms with van der Waals surface area (Å²) in [5, 5.41) is 38.8. The highest BCUT2D eigenvalue weighted by atomic mass is 16.6. The van der Waals surface area contributed by atoms with Crippen LogP contribution in [0.5, 0.6) is 0 Å². The molecular weight excluding hydrogens is 318 g/mol. The Labute approximate surface area is 136 Å². The summed E-state index contributed by atoms with van der Waals surface area (Å²) in [4.78, 5) is 23.7. The van der Waals surface area contributed by atoms with E-state index in [0.717, 1.165) is 11.8 Å².